The molecule has 0 spiro atoms. The Labute approximate surface area is 174 Å². The molecule has 2 saturated heterocycles. The number of carbonyl (C=O) groups is 2. The Morgan fingerprint density at radius 1 is 0.967 bits per heavy atom. The number of amides is 2. The highest BCUT2D eigenvalue weighted by Gasteiger charge is 2.26. The number of aromatic nitrogens is 4. The van der Waals surface area contributed by atoms with E-state index in [1.807, 2.05) is 16.0 Å². The van der Waals surface area contributed by atoms with Crippen LogP contribution in [0, 0.1) is 0 Å². The monoisotopic (exact) mass is 406 g/mol. The molecule has 0 saturated carbocycles. The van der Waals surface area contributed by atoms with E-state index < -0.39 is 0 Å². The number of hydrogen-bond acceptors (Lipinski definition) is 4. The van der Waals surface area contributed by atoms with E-state index in [0.29, 0.717) is 30.3 Å². The molecular weight excluding hydrogens is 380 g/mol. The lowest BCUT2D eigenvalue weighted by atomic mass is 9.89. The molecular formula is C22H26N6O2. The fourth-order valence-electron chi connectivity index (χ4n) is 4.64. The van der Waals surface area contributed by atoms with Crippen LogP contribution in [-0.4, -0.2) is 67.4 Å². The molecule has 2 fully saturated rings. The molecule has 2 aliphatic rings. The summed E-state index contributed by atoms with van der Waals surface area (Å²) in [4.78, 5) is 36.2. The zero-order valence-electron chi connectivity index (χ0n) is 17.0. The van der Waals surface area contributed by atoms with Gasteiger partial charge in [0.25, 0.3) is 11.8 Å². The maximum atomic E-state index is 13.0. The first-order valence-electron chi connectivity index (χ1n) is 10.7. The van der Waals surface area contributed by atoms with Crippen LogP contribution in [-0.2, 0) is 0 Å². The number of carbonyl (C=O) groups excluding carboxylic acids is 2. The van der Waals surface area contributed by atoms with E-state index in [0.717, 1.165) is 44.3 Å². The minimum absolute atomic E-state index is 0.00612. The van der Waals surface area contributed by atoms with Crippen molar-refractivity contribution < 1.29 is 9.59 Å². The number of rotatable bonds is 3. The molecule has 156 valence electrons. The summed E-state index contributed by atoms with van der Waals surface area (Å²) in [6.45, 7) is 3.09. The topological polar surface area (TPSA) is 86.6 Å². The quantitative estimate of drug-likeness (QED) is 0.725. The second-order valence-electron chi connectivity index (χ2n) is 8.23. The summed E-state index contributed by atoms with van der Waals surface area (Å²) in [5, 5.41) is 4.39. The van der Waals surface area contributed by atoms with Crippen LogP contribution in [0.4, 0.5) is 0 Å². The summed E-state index contributed by atoms with van der Waals surface area (Å²) >= 11 is 0. The Morgan fingerprint density at radius 3 is 2.47 bits per heavy atom. The molecule has 5 rings (SSSR count). The largest absolute Gasteiger partial charge is 0.341 e. The van der Waals surface area contributed by atoms with Crippen LogP contribution in [0.2, 0.25) is 0 Å². The number of aromatic amines is 1. The number of nitrogens with one attached hydrogen (secondary N) is 1. The van der Waals surface area contributed by atoms with Crippen molar-refractivity contribution in [1.82, 2.24) is 29.4 Å². The number of pyridine rings is 1. The first kappa shape index (κ1) is 18.8. The normalized spacial score (nSPS) is 18.1. The van der Waals surface area contributed by atoms with E-state index in [1.165, 1.54) is 18.3 Å². The number of nitrogens with zero attached hydrogens (tertiary/aromatic N) is 5. The summed E-state index contributed by atoms with van der Waals surface area (Å²) in [6.07, 6.45) is 11.9. The number of imidazole rings is 1. The van der Waals surface area contributed by atoms with E-state index >= 15 is 0 Å². The van der Waals surface area contributed by atoms with Gasteiger partial charge in [-0.3, -0.25) is 9.59 Å². The SMILES string of the molecule is O=C(c1cnc[nH]1)N1CCC(c2ccn3ncc(C(=O)N4CCCCC4)c3c2)CC1. The molecule has 8 heteroatoms. The summed E-state index contributed by atoms with van der Waals surface area (Å²) in [5.41, 5.74) is 3.31. The summed E-state index contributed by atoms with van der Waals surface area (Å²) in [5.74, 6) is 0.460. The van der Waals surface area contributed by atoms with Crippen molar-refractivity contribution in [2.75, 3.05) is 26.2 Å². The fourth-order valence-corrected chi connectivity index (χ4v) is 4.64. The highest BCUT2D eigenvalue weighted by molar-refractivity contribution is 6.00. The van der Waals surface area contributed by atoms with Crippen LogP contribution in [0.15, 0.2) is 37.1 Å². The standard InChI is InChI=1S/C22H26N6O2/c29-21(26-7-2-1-3-8-26)18-13-25-28-11-6-17(12-20(18)28)16-4-9-27(10-5-16)22(30)19-14-23-15-24-19/h6,11-16H,1-5,7-10H2,(H,23,24). The van der Waals surface area contributed by atoms with Gasteiger partial charge in [0, 0.05) is 32.4 Å². The zero-order chi connectivity index (χ0) is 20.5. The maximum absolute atomic E-state index is 13.0. The molecule has 5 heterocycles. The average molecular weight is 406 g/mol. The first-order valence-corrected chi connectivity index (χ1v) is 10.7. The molecule has 0 radical (unpaired) electrons. The number of H-pyrrole nitrogens is 1. The van der Waals surface area contributed by atoms with Crippen molar-refractivity contribution in [1.29, 1.82) is 0 Å². The van der Waals surface area contributed by atoms with Gasteiger partial charge in [0.1, 0.15) is 5.69 Å². The molecule has 8 nitrogen and oxygen atoms in total. The second kappa shape index (κ2) is 7.93. The number of likely N-dealkylation sites (tertiary alicyclic amines) is 2. The van der Waals surface area contributed by atoms with E-state index in [4.69, 9.17) is 0 Å². The summed E-state index contributed by atoms with van der Waals surface area (Å²) < 4.78 is 1.79. The highest BCUT2D eigenvalue weighted by Crippen LogP contribution is 2.30. The van der Waals surface area contributed by atoms with Gasteiger partial charge in [-0.25, -0.2) is 9.50 Å². The van der Waals surface area contributed by atoms with E-state index in [2.05, 4.69) is 27.2 Å². The molecule has 0 unspecified atom stereocenters. The van der Waals surface area contributed by atoms with Gasteiger partial charge >= 0.3 is 0 Å². The minimum atomic E-state index is 0.00612. The van der Waals surface area contributed by atoms with Crippen LogP contribution < -0.4 is 0 Å². The lowest BCUT2D eigenvalue weighted by molar-refractivity contribution is 0.0704. The van der Waals surface area contributed by atoms with Crippen molar-refractivity contribution in [2.45, 2.75) is 38.0 Å². The van der Waals surface area contributed by atoms with Crippen LogP contribution in [0.25, 0.3) is 5.52 Å². The highest BCUT2D eigenvalue weighted by atomic mass is 16.2. The molecule has 0 aromatic carbocycles. The third-order valence-electron chi connectivity index (χ3n) is 6.40. The lowest BCUT2D eigenvalue weighted by Gasteiger charge is -2.32. The van der Waals surface area contributed by atoms with E-state index in [1.54, 1.807) is 16.9 Å². The van der Waals surface area contributed by atoms with E-state index in [9.17, 15) is 9.59 Å². The Morgan fingerprint density at radius 2 is 1.73 bits per heavy atom. The summed E-state index contributed by atoms with van der Waals surface area (Å²) in [6, 6.07) is 4.20. The molecule has 30 heavy (non-hydrogen) atoms. The van der Waals surface area contributed by atoms with Crippen LogP contribution in [0.1, 0.15) is 64.4 Å². The molecule has 2 aliphatic heterocycles. The third-order valence-corrected chi connectivity index (χ3v) is 6.40. The number of hydrogen-bond donors (Lipinski definition) is 1. The van der Waals surface area contributed by atoms with E-state index in [-0.39, 0.29) is 11.8 Å². The molecule has 0 atom stereocenters. The van der Waals surface area contributed by atoms with Gasteiger partial charge in [-0.1, -0.05) is 0 Å². The second-order valence-corrected chi connectivity index (χ2v) is 8.23. The molecule has 3 aromatic rings. The Kier molecular flexibility index (Phi) is 4.98. The first-order chi connectivity index (χ1) is 14.7. The van der Waals surface area contributed by atoms with Crippen molar-refractivity contribution >= 4 is 17.3 Å². The zero-order valence-corrected chi connectivity index (χ0v) is 17.0. The van der Waals surface area contributed by atoms with Crippen molar-refractivity contribution in [3.8, 4) is 0 Å². The van der Waals surface area contributed by atoms with Gasteiger partial charge in [-0.2, -0.15) is 5.10 Å². The van der Waals surface area contributed by atoms with Gasteiger partial charge in [-0.05, 0) is 55.7 Å². The third kappa shape index (κ3) is 3.46. The van der Waals surface area contributed by atoms with Gasteiger partial charge in [-0.15, -0.1) is 0 Å². The molecule has 1 N–H and O–H groups in total. The predicted octanol–water partition coefficient (Wildman–Crippen LogP) is 2.70. The van der Waals surface area contributed by atoms with Gasteiger partial charge in [0.2, 0.25) is 0 Å². The fraction of sp³-hybridized carbons (Fsp3) is 0.455. The smallest absolute Gasteiger partial charge is 0.271 e. The predicted molar refractivity (Wildman–Crippen MR) is 111 cm³/mol. The van der Waals surface area contributed by atoms with Gasteiger partial charge in [0.05, 0.1) is 29.8 Å². The van der Waals surface area contributed by atoms with Crippen LogP contribution in [0.3, 0.4) is 0 Å². The minimum Gasteiger partial charge on any atom is -0.341 e. The van der Waals surface area contributed by atoms with Crippen LogP contribution in [0.5, 0.6) is 0 Å². The Balaban J connectivity index is 1.32. The van der Waals surface area contributed by atoms with Crippen molar-refractivity contribution in [3.63, 3.8) is 0 Å². The molecule has 2 amide bonds. The van der Waals surface area contributed by atoms with Crippen molar-refractivity contribution in [2.24, 2.45) is 0 Å². The Hall–Kier alpha value is -3.16. The van der Waals surface area contributed by atoms with Gasteiger partial charge in [0.15, 0.2) is 0 Å². The molecule has 0 bridgehead atoms. The number of piperidine rings is 2. The maximum Gasteiger partial charge on any atom is 0.271 e. The van der Waals surface area contributed by atoms with Crippen molar-refractivity contribution in [3.05, 3.63) is 53.9 Å². The lowest BCUT2D eigenvalue weighted by Crippen LogP contribution is -2.38. The van der Waals surface area contributed by atoms with Crippen LogP contribution >= 0.6 is 0 Å². The number of fused-ring (bicyclic) bond motifs is 1. The average Bonchev–Trinajstić information content (AvgIpc) is 3.49. The van der Waals surface area contributed by atoms with Gasteiger partial charge < -0.3 is 14.8 Å². The Bertz CT molecular complexity index is 1040. The summed E-state index contributed by atoms with van der Waals surface area (Å²) in [7, 11) is 0. The molecule has 3 aromatic heterocycles. The molecule has 0 aliphatic carbocycles.